The summed E-state index contributed by atoms with van der Waals surface area (Å²) in [6, 6.07) is 0. The van der Waals surface area contributed by atoms with Gasteiger partial charge in [-0.2, -0.15) is 0 Å². The summed E-state index contributed by atoms with van der Waals surface area (Å²) in [4.78, 5) is 0. The third-order valence-electron chi connectivity index (χ3n) is 2.36. The number of allylic oxidation sites excluding steroid dienone is 2. The molecule has 0 unspecified atom stereocenters. The normalized spacial score (nSPS) is 15.2. The van der Waals surface area contributed by atoms with Gasteiger partial charge >= 0.3 is 0 Å². The lowest BCUT2D eigenvalue weighted by atomic mass is 9.97. The van der Waals surface area contributed by atoms with Crippen LogP contribution in [-0.4, -0.2) is 11.2 Å². The number of rotatable bonds is 6. The van der Waals surface area contributed by atoms with Gasteiger partial charge in [-0.1, -0.05) is 25.5 Å². The number of hydrogen-bond acceptors (Lipinski definition) is 1. The Labute approximate surface area is 82.9 Å². The Morgan fingerprint density at radius 1 is 1.38 bits per heavy atom. The van der Waals surface area contributed by atoms with Crippen molar-refractivity contribution in [3.8, 4) is 0 Å². The van der Waals surface area contributed by atoms with Gasteiger partial charge in [0.15, 0.2) is 0 Å². The van der Waals surface area contributed by atoms with Crippen molar-refractivity contribution in [3.63, 3.8) is 0 Å². The van der Waals surface area contributed by atoms with Crippen molar-refractivity contribution >= 4 is 0 Å². The van der Waals surface area contributed by atoms with E-state index in [0.29, 0.717) is 5.92 Å². The van der Waals surface area contributed by atoms with Gasteiger partial charge in [-0.05, 0) is 45.4 Å². The zero-order valence-corrected chi connectivity index (χ0v) is 9.51. The highest BCUT2D eigenvalue weighted by molar-refractivity contribution is 4.92. The first kappa shape index (κ1) is 12.7. The maximum atomic E-state index is 9.42. The van der Waals surface area contributed by atoms with E-state index in [1.165, 1.54) is 12.0 Å². The Bertz CT molecular complexity index is 145. The van der Waals surface area contributed by atoms with E-state index in [2.05, 4.69) is 26.8 Å². The summed E-state index contributed by atoms with van der Waals surface area (Å²) < 4.78 is 0. The molecular weight excluding hydrogens is 160 g/mol. The second-order valence-electron chi connectivity index (χ2n) is 4.26. The van der Waals surface area contributed by atoms with Crippen molar-refractivity contribution in [2.24, 2.45) is 5.92 Å². The molecule has 0 radical (unpaired) electrons. The Hall–Kier alpha value is -0.300. The molecule has 1 N–H and O–H groups in total. The van der Waals surface area contributed by atoms with Crippen molar-refractivity contribution < 1.29 is 5.11 Å². The molecule has 0 aliphatic rings. The minimum Gasteiger partial charge on any atom is -0.393 e. The van der Waals surface area contributed by atoms with Crippen LogP contribution in [0.25, 0.3) is 0 Å². The quantitative estimate of drug-likeness (QED) is 0.626. The highest BCUT2D eigenvalue weighted by Gasteiger charge is 2.07. The fraction of sp³-hybridized carbons (Fsp3) is 0.833. The molecule has 0 bridgehead atoms. The second kappa shape index (κ2) is 7.14. The minimum absolute atomic E-state index is 0.0956. The van der Waals surface area contributed by atoms with E-state index in [4.69, 9.17) is 0 Å². The van der Waals surface area contributed by atoms with Crippen LogP contribution in [0.1, 0.15) is 53.4 Å². The monoisotopic (exact) mass is 184 g/mol. The van der Waals surface area contributed by atoms with E-state index in [9.17, 15) is 5.11 Å². The zero-order chi connectivity index (χ0) is 10.3. The van der Waals surface area contributed by atoms with Gasteiger partial charge in [-0.25, -0.2) is 0 Å². The molecule has 0 saturated heterocycles. The Kier molecular flexibility index (Phi) is 6.97. The molecule has 0 aliphatic carbocycles. The van der Waals surface area contributed by atoms with E-state index >= 15 is 0 Å². The fourth-order valence-electron chi connectivity index (χ4n) is 1.41. The molecule has 0 rings (SSSR count). The molecule has 0 saturated carbocycles. The lowest BCUT2D eigenvalue weighted by molar-refractivity contribution is 0.139. The molecule has 1 heteroatoms. The molecule has 1 nitrogen and oxygen atoms in total. The minimum atomic E-state index is -0.0956. The summed E-state index contributed by atoms with van der Waals surface area (Å²) in [5.74, 6) is 0.644. The lowest BCUT2D eigenvalue weighted by Gasteiger charge is -2.13. The van der Waals surface area contributed by atoms with Gasteiger partial charge in [-0.15, -0.1) is 0 Å². The largest absolute Gasteiger partial charge is 0.393 e. The Morgan fingerprint density at radius 3 is 2.46 bits per heavy atom. The van der Waals surface area contributed by atoms with E-state index in [1.54, 1.807) is 0 Å². The van der Waals surface area contributed by atoms with Crippen molar-refractivity contribution in [1.29, 1.82) is 0 Å². The molecule has 0 aliphatic heterocycles. The summed E-state index contributed by atoms with van der Waals surface area (Å²) in [5, 5.41) is 9.42. The SMILES string of the molecule is CC[C@@H](O)C[C@H](C)CCC=C(C)C. The third-order valence-corrected chi connectivity index (χ3v) is 2.36. The van der Waals surface area contributed by atoms with Crippen LogP contribution < -0.4 is 0 Å². The number of hydrogen-bond donors (Lipinski definition) is 1. The topological polar surface area (TPSA) is 20.2 Å². The van der Waals surface area contributed by atoms with E-state index < -0.39 is 0 Å². The van der Waals surface area contributed by atoms with Crippen LogP contribution in [0.15, 0.2) is 11.6 Å². The average Bonchev–Trinajstić information content (AvgIpc) is 2.03. The van der Waals surface area contributed by atoms with Crippen LogP contribution >= 0.6 is 0 Å². The van der Waals surface area contributed by atoms with E-state index in [1.807, 2.05) is 6.92 Å². The van der Waals surface area contributed by atoms with Crippen LogP contribution in [0.5, 0.6) is 0 Å². The van der Waals surface area contributed by atoms with Crippen molar-refractivity contribution in [2.75, 3.05) is 0 Å². The number of aliphatic hydroxyl groups is 1. The molecule has 2 atom stereocenters. The molecule has 13 heavy (non-hydrogen) atoms. The van der Waals surface area contributed by atoms with Crippen LogP contribution in [0.4, 0.5) is 0 Å². The zero-order valence-electron chi connectivity index (χ0n) is 9.51. The number of aliphatic hydroxyl groups excluding tert-OH is 1. The Balaban J connectivity index is 3.51. The predicted molar refractivity (Wildman–Crippen MR) is 58.7 cm³/mol. The summed E-state index contributed by atoms with van der Waals surface area (Å²) in [6.07, 6.45) is 6.36. The summed E-state index contributed by atoms with van der Waals surface area (Å²) in [7, 11) is 0. The van der Waals surface area contributed by atoms with Gasteiger partial charge in [0.25, 0.3) is 0 Å². The van der Waals surface area contributed by atoms with E-state index in [-0.39, 0.29) is 6.10 Å². The van der Waals surface area contributed by atoms with Crippen LogP contribution in [0.3, 0.4) is 0 Å². The maximum Gasteiger partial charge on any atom is 0.0540 e. The Morgan fingerprint density at radius 2 is 2.00 bits per heavy atom. The van der Waals surface area contributed by atoms with Crippen LogP contribution in [-0.2, 0) is 0 Å². The predicted octanol–water partition coefficient (Wildman–Crippen LogP) is 3.53. The van der Waals surface area contributed by atoms with Gasteiger partial charge in [0.05, 0.1) is 6.10 Å². The van der Waals surface area contributed by atoms with Crippen LogP contribution in [0.2, 0.25) is 0 Å². The van der Waals surface area contributed by atoms with Crippen LogP contribution in [0, 0.1) is 5.92 Å². The summed E-state index contributed by atoms with van der Waals surface area (Å²) >= 11 is 0. The molecule has 0 aromatic heterocycles. The molecule has 0 spiro atoms. The van der Waals surface area contributed by atoms with E-state index in [0.717, 1.165) is 19.3 Å². The fourth-order valence-corrected chi connectivity index (χ4v) is 1.41. The lowest BCUT2D eigenvalue weighted by Crippen LogP contribution is -2.09. The second-order valence-corrected chi connectivity index (χ2v) is 4.26. The first-order valence-electron chi connectivity index (χ1n) is 5.37. The summed E-state index contributed by atoms with van der Waals surface area (Å²) in [5.41, 5.74) is 1.39. The molecule has 0 amide bonds. The van der Waals surface area contributed by atoms with Gasteiger partial charge in [0, 0.05) is 0 Å². The first-order valence-corrected chi connectivity index (χ1v) is 5.37. The van der Waals surface area contributed by atoms with Gasteiger partial charge in [0.1, 0.15) is 0 Å². The first-order chi connectivity index (χ1) is 6.06. The average molecular weight is 184 g/mol. The van der Waals surface area contributed by atoms with Gasteiger partial charge in [-0.3, -0.25) is 0 Å². The standard InChI is InChI=1S/C12H24O/c1-5-12(13)9-11(4)8-6-7-10(2)3/h7,11-13H,5-6,8-9H2,1-4H3/t11-,12-/m1/s1. The molecule has 0 aromatic carbocycles. The van der Waals surface area contributed by atoms with Crippen molar-refractivity contribution in [2.45, 2.75) is 59.5 Å². The molecular formula is C12H24O. The highest BCUT2D eigenvalue weighted by Crippen LogP contribution is 2.15. The maximum absolute atomic E-state index is 9.42. The highest BCUT2D eigenvalue weighted by atomic mass is 16.3. The molecule has 0 fully saturated rings. The smallest absolute Gasteiger partial charge is 0.0540 e. The molecule has 0 heterocycles. The third kappa shape index (κ3) is 8.04. The van der Waals surface area contributed by atoms with Crippen molar-refractivity contribution in [1.82, 2.24) is 0 Å². The molecule has 78 valence electrons. The van der Waals surface area contributed by atoms with Gasteiger partial charge in [0.2, 0.25) is 0 Å². The van der Waals surface area contributed by atoms with Crippen molar-refractivity contribution in [3.05, 3.63) is 11.6 Å². The molecule has 0 aromatic rings. The summed E-state index contributed by atoms with van der Waals surface area (Å²) in [6.45, 7) is 8.52. The van der Waals surface area contributed by atoms with Gasteiger partial charge < -0.3 is 5.11 Å².